The van der Waals surface area contributed by atoms with E-state index in [-0.39, 0.29) is 18.9 Å². The van der Waals surface area contributed by atoms with E-state index in [0.29, 0.717) is 5.01 Å². The van der Waals surface area contributed by atoms with Crippen molar-refractivity contribution >= 4 is 33.4 Å². The zero-order chi connectivity index (χ0) is 19.2. The first-order valence-corrected chi connectivity index (χ1v) is 9.27. The molecule has 0 radical (unpaired) electrons. The molecule has 2 N–H and O–H groups in total. The predicted octanol–water partition coefficient (Wildman–Crippen LogP) is 2.65. The standard InChI is InChI=1S/C20H18N4O2S/c1-13(11-21)23-19(26)12-22-18(25)10-20-24-16-8-7-15(9-17(16)27-20)14-5-3-2-4-6-14/h2-9,13H,10,12H2,1H3,(H,22,25)(H,23,26)/t13-/m0/s1. The lowest BCUT2D eigenvalue weighted by atomic mass is 10.1. The number of nitriles is 1. The number of nitrogens with one attached hydrogen (secondary N) is 2. The summed E-state index contributed by atoms with van der Waals surface area (Å²) < 4.78 is 1.01. The van der Waals surface area contributed by atoms with Crippen molar-refractivity contribution in [1.29, 1.82) is 5.26 Å². The molecule has 7 heteroatoms. The van der Waals surface area contributed by atoms with Crippen LogP contribution in [-0.2, 0) is 16.0 Å². The van der Waals surface area contributed by atoms with E-state index >= 15 is 0 Å². The first-order chi connectivity index (χ1) is 13.0. The Morgan fingerprint density at radius 2 is 1.93 bits per heavy atom. The average molecular weight is 378 g/mol. The maximum atomic E-state index is 12.0. The van der Waals surface area contributed by atoms with Crippen molar-refractivity contribution in [1.82, 2.24) is 15.6 Å². The third-order valence-corrected chi connectivity index (χ3v) is 4.89. The predicted molar refractivity (Wildman–Crippen MR) is 105 cm³/mol. The largest absolute Gasteiger partial charge is 0.347 e. The molecular weight excluding hydrogens is 360 g/mol. The van der Waals surface area contributed by atoms with Crippen molar-refractivity contribution in [2.24, 2.45) is 0 Å². The lowest BCUT2D eigenvalue weighted by Crippen LogP contribution is -2.40. The van der Waals surface area contributed by atoms with E-state index in [0.717, 1.165) is 21.3 Å². The Morgan fingerprint density at radius 1 is 1.15 bits per heavy atom. The highest BCUT2D eigenvalue weighted by Crippen LogP contribution is 2.28. The molecule has 1 heterocycles. The number of rotatable bonds is 6. The average Bonchev–Trinajstić information content (AvgIpc) is 3.08. The van der Waals surface area contributed by atoms with Crippen LogP contribution >= 0.6 is 11.3 Å². The van der Waals surface area contributed by atoms with Gasteiger partial charge in [-0.15, -0.1) is 11.3 Å². The summed E-state index contributed by atoms with van der Waals surface area (Å²) in [6, 6.07) is 17.4. The number of carbonyl (C=O) groups excluding carboxylic acids is 2. The molecule has 3 aromatic rings. The van der Waals surface area contributed by atoms with Crippen LogP contribution in [-0.4, -0.2) is 29.4 Å². The third-order valence-electron chi connectivity index (χ3n) is 3.87. The van der Waals surface area contributed by atoms with E-state index in [9.17, 15) is 9.59 Å². The van der Waals surface area contributed by atoms with Crippen molar-refractivity contribution in [2.45, 2.75) is 19.4 Å². The van der Waals surface area contributed by atoms with Crippen LogP contribution in [0.2, 0.25) is 0 Å². The summed E-state index contributed by atoms with van der Waals surface area (Å²) in [5.74, 6) is -0.675. The molecule has 6 nitrogen and oxygen atoms in total. The second kappa shape index (κ2) is 8.43. The van der Waals surface area contributed by atoms with Gasteiger partial charge in [0.05, 0.1) is 29.3 Å². The van der Waals surface area contributed by atoms with Crippen LogP contribution in [0.4, 0.5) is 0 Å². The summed E-state index contributed by atoms with van der Waals surface area (Å²) in [4.78, 5) is 28.1. The van der Waals surface area contributed by atoms with Gasteiger partial charge in [0.15, 0.2) is 0 Å². The number of benzene rings is 2. The van der Waals surface area contributed by atoms with Gasteiger partial charge in [-0.3, -0.25) is 9.59 Å². The van der Waals surface area contributed by atoms with Gasteiger partial charge in [0.25, 0.3) is 0 Å². The first kappa shape index (κ1) is 18.5. The molecule has 0 aliphatic rings. The minimum atomic E-state index is -0.586. The quantitative estimate of drug-likeness (QED) is 0.689. The molecule has 0 aliphatic heterocycles. The Morgan fingerprint density at radius 3 is 2.67 bits per heavy atom. The van der Waals surface area contributed by atoms with E-state index in [1.165, 1.54) is 11.3 Å². The monoisotopic (exact) mass is 378 g/mol. The number of nitrogens with zero attached hydrogens (tertiary/aromatic N) is 2. The highest BCUT2D eigenvalue weighted by Gasteiger charge is 2.12. The molecule has 2 amide bonds. The van der Waals surface area contributed by atoms with Crippen molar-refractivity contribution < 1.29 is 9.59 Å². The molecule has 0 aliphatic carbocycles. The summed E-state index contributed by atoms with van der Waals surface area (Å²) in [5.41, 5.74) is 3.08. The van der Waals surface area contributed by atoms with Crippen LogP contribution in [0.3, 0.4) is 0 Å². The van der Waals surface area contributed by atoms with Gasteiger partial charge in [-0.1, -0.05) is 36.4 Å². The lowest BCUT2D eigenvalue weighted by molar-refractivity contribution is -0.125. The number of fused-ring (bicyclic) bond motifs is 1. The van der Waals surface area contributed by atoms with Gasteiger partial charge >= 0.3 is 0 Å². The second-order valence-corrected chi connectivity index (χ2v) is 7.14. The highest BCUT2D eigenvalue weighted by atomic mass is 32.1. The van der Waals surface area contributed by atoms with Crippen LogP contribution in [0.15, 0.2) is 48.5 Å². The van der Waals surface area contributed by atoms with Crippen molar-refractivity contribution in [2.75, 3.05) is 6.54 Å². The zero-order valence-corrected chi connectivity index (χ0v) is 15.5. The van der Waals surface area contributed by atoms with Gasteiger partial charge in [0, 0.05) is 0 Å². The van der Waals surface area contributed by atoms with E-state index < -0.39 is 11.9 Å². The van der Waals surface area contributed by atoms with Crippen LogP contribution in [0.5, 0.6) is 0 Å². The summed E-state index contributed by atoms with van der Waals surface area (Å²) in [6.07, 6.45) is 0.112. The molecule has 0 saturated carbocycles. The minimum absolute atomic E-state index is 0.112. The molecular formula is C20H18N4O2S. The van der Waals surface area contributed by atoms with Gasteiger partial charge in [-0.05, 0) is 30.2 Å². The van der Waals surface area contributed by atoms with Gasteiger partial charge < -0.3 is 10.6 Å². The highest BCUT2D eigenvalue weighted by molar-refractivity contribution is 7.18. The van der Waals surface area contributed by atoms with Gasteiger partial charge in [-0.2, -0.15) is 5.26 Å². The Balaban J connectivity index is 1.63. The van der Waals surface area contributed by atoms with Crippen molar-refractivity contribution in [3.8, 4) is 17.2 Å². The van der Waals surface area contributed by atoms with Crippen molar-refractivity contribution in [3.05, 3.63) is 53.5 Å². The fourth-order valence-electron chi connectivity index (χ4n) is 2.56. The van der Waals surface area contributed by atoms with E-state index in [1.54, 1.807) is 6.92 Å². The van der Waals surface area contributed by atoms with Crippen molar-refractivity contribution in [3.63, 3.8) is 0 Å². The Labute approximate surface area is 160 Å². The third kappa shape index (κ3) is 4.90. The maximum absolute atomic E-state index is 12.0. The van der Waals surface area contributed by atoms with Crippen LogP contribution in [0.25, 0.3) is 21.3 Å². The molecule has 0 unspecified atom stereocenters. The van der Waals surface area contributed by atoms with Gasteiger partial charge in [-0.25, -0.2) is 4.98 Å². The molecule has 0 saturated heterocycles. The summed E-state index contributed by atoms with van der Waals surface area (Å²) in [6.45, 7) is 1.42. The Hall–Kier alpha value is -3.24. The second-order valence-electron chi connectivity index (χ2n) is 6.03. The first-order valence-electron chi connectivity index (χ1n) is 8.45. The normalized spacial score (nSPS) is 11.6. The molecule has 1 atom stereocenters. The molecule has 0 bridgehead atoms. The summed E-state index contributed by atoms with van der Waals surface area (Å²) in [7, 11) is 0. The summed E-state index contributed by atoms with van der Waals surface area (Å²) in [5, 5.41) is 14.4. The molecule has 27 heavy (non-hydrogen) atoms. The van der Waals surface area contributed by atoms with E-state index in [2.05, 4.69) is 33.8 Å². The van der Waals surface area contributed by atoms with E-state index in [4.69, 9.17) is 5.26 Å². The molecule has 0 fully saturated rings. The number of aromatic nitrogens is 1. The number of hydrogen-bond donors (Lipinski definition) is 2. The molecule has 3 rings (SSSR count). The minimum Gasteiger partial charge on any atom is -0.347 e. The van der Waals surface area contributed by atoms with Gasteiger partial charge in [0.1, 0.15) is 11.0 Å². The zero-order valence-electron chi connectivity index (χ0n) is 14.7. The maximum Gasteiger partial charge on any atom is 0.240 e. The molecule has 1 aromatic heterocycles. The Bertz CT molecular complexity index is 1010. The fraction of sp³-hybridized carbons (Fsp3) is 0.200. The van der Waals surface area contributed by atoms with E-state index in [1.807, 2.05) is 36.4 Å². The smallest absolute Gasteiger partial charge is 0.240 e. The number of amides is 2. The Kier molecular flexibility index (Phi) is 5.79. The van der Waals surface area contributed by atoms with Crippen LogP contribution in [0.1, 0.15) is 11.9 Å². The molecule has 0 spiro atoms. The fourth-order valence-corrected chi connectivity index (χ4v) is 3.57. The topological polar surface area (TPSA) is 94.9 Å². The SMILES string of the molecule is C[C@@H](C#N)NC(=O)CNC(=O)Cc1nc2ccc(-c3ccccc3)cc2s1. The molecule has 2 aromatic carbocycles. The number of hydrogen-bond acceptors (Lipinski definition) is 5. The van der Waals surface area contributed by atoms with Crippen LogP contribution in [0, 0.1) is 11.3 Å². The van der Waals surface area contributed by atoms with Gasteiger partial charge in [0.2, 0.25) is 11.8 Å². The summed E-state index contributed by atoms with van der Waals surface area (Å²) >= 11 is 1.47. The van der Waals surface area contributed by atoms with Crippen LogP contribution < -0.4 is 10.6 Å². The number of carbonyl (C=O) groups is 2. The molecule has 136 valence electrons. The lowest BCUT2D eigenvalue weighted by Gasteiger charge is -2.07. The number of thiazole rings is 1.